The lowest BCUT2D eigenvalue weighted by molar-refractivity contribution is 0.352. The van der Waals surface area contributed by atoms with Crippen molar-refractivity contribution >= 4 is 5.70 Å². The molecule has 0 aromatic heterocycles. The van der Waals surface area contributed by atoms with E-state index in [4.69, 9.17) is 0 Å². The van der Waals surface area contributed by atoms with E-state index >= 15 is 0 Å². The molecule has 0 atom stereocenters. The number of nitrogens with zero attached hydrogens (tertiary/aromatic N) is 1. The summed E-state index contributed by atoms with van der Waals surface area (Å²) in [5.41, 5.74) is 5.68. The molecule has 0 aliphatic rings. The van der Waals surface area contributed by atoms with Crippen molar-refractivity contribution in [3.63, 3.8) is 0 Å². The average molecular weight is 190 g/mol. The molecule has 76 valence electrons. The Hall–Kier alpha value is -1.28. The number of benzene rings is 1. The first-order chi connectivity index (χ1) is 6.74. The monoisotopic (exact) mass is 190 g/mol. The van der Waals surface area contributed by atoms with E-state index in [0.29, 0.717) is 0 Å². The van der Waals surface area contributed by atoms with E-state index in [1.165, 1.54) is 5.56 Å². The van der Waals surface area contributed by atoms with Gasteiger partial charge in [0, 0.05) is 14.1 Å². The molecule has 2 heteroatoms. The fourth-order valence-electron chi connectivity index (χ4n) is 1.29. The van der Waals surface area contributed by atoms with Crippen molar-refractivity contribution in [1.82, 2.24) is 10.4 Å². The van der Waals surface area contributed by atoms with Crippen LogP contribution < -0.4 is 5.43 Å². The Kier molecular flexibility index (Phi) is 4.20. The summed E-state index contributed by atoms with van der Waals surface area (Å²) in [5, 5.41) is 1.95. The summed E-state index contributed by atoms with van der Waals surface area (Å²) in [4.78, 5) is 0. The lowest BCUT2D eigenvalue weighted by atomic mass is 10.1. The van der Waals surface area contributed by atoms with E-state index in [9.17, 15) is 0 Å². The summed E-state index contributed by atoms with van der Waals surface area (Å²) in [6.45, 7) is 2.14. The molecule has 0 aliphatic carbocycles. The van der Waals surface area contributed by atoms with Crippen molar-refractivity contribution in [3.8, 4) is 0 Å². The van der Waals surface area contributed by atoms with Gasteiger partial charge in [0.1, 0.15) is 0 Å². The molecule has 1 N–H and O–H groups in total. The molecule has 0 spiro atoms. The Morgan fingerprint density at radius 3 is 2.43 bits per heavy atom. The minimum atomic E-state index is 1.03. The van der Waals surface area contributed by atoms with Crippen molar-refractivity contribution in [3.05, 3.63) is 42.0 Å². The molecule has 1 rings (SSSR count). The lowest BCUT2D eigenvalue weighted by Crippen LogP contribution is -2.28. The second-order valence-corrected chi connectivity index (χ2v) is 3.40. The van der Waals surface area contributed by atoms with Crippen LogP contribution >= 0.6 is 0 Å². The third-order valence-electron chi connectivity index (χ3n) is 1.84. The van der Waals surface area contributed by atoms with Crippen molar-refractivity contribution in [2.45, 2.75) is 13.3 Å². The van der Waals surface area contributed by atoms with Crippen molar-refractivity contribution in [1.29, 1.82) is 0 Å². The van der Waals surface area contributed by atoms with Gasteiger partial charge in [0.25, 0.3) is 0 Å². The smallest absolute Gasteiger partial charge is 0.0522 e. The van der Waals surface area contributed by atoms with Crippen LogP contribution in [0.4, 0.5) is 0 Å². The highest BCUT2D eigenvalue weighted by Crippen LogP contribution is 2.11. The van der Waals surface area contributed by atoms with Gasteiger partial charge in [-0.3, -0.25) is 0 Å². The zero-order valence-electron chi connectivity index (χ0n) is 9.12. The summed E-state index contributed by atoms with van der Waals surface area (Å²) < 4.78 is 0. The molecule has 1 aromatic rings. The molecule has 0 amide bonds. The highest BCUT2D eigenvalue weighted by molar-refractivity contribution is 5.63. The molecule has 0 saturated carbocycles. The predicted octanol–water partition coefficient (Wildman–Crippen LogP) is 2.50. The average Bonchev–Trinajstić information content (AvgIpc) is 2.18. The van der Waals surface area contributed by atoms with E-state index in [1.807, 2.05) is 25.2 Å². The SMILES string of the molecule is CC/C=C(/NN(C)C)c1ccccc1. The number of rotatable bonds is 4. The summed E-state index contributed by atoms with van der Waals surface area (Å²) in [5.74, 6) is 0. The Morgan fingerprint density at radius 1 is 1.29 bits per heavy atom. The largest absolute Gasteiger partial charge is 0.319 e. The topological polar surface area (TPSA) is 15.3 Å². The standard InChI is InChI=1S/C12H18N2/c1-4-8-12(13-14(2)3)11-9-6-5-7-10-11/h5-10,13H,4H2,1-3H3/b12-8+. The summed E-state index contributed by atoms with van der Waals surface area (Å²) in [7, 11) is 3.98. The van der Waals surface area contributed by atoms with Crippen LogP contribution in [0.15, 0.2) is 36.4 Å². The van der Waals surface area contributed by atoms with E-state index < -0.39 is 0 Å². The van der Waals surface area contributed by atoms with Gasteiger partial charge in [0.15, 0.2) is 0 Å². The van der Waals surface area contributed by atoms with Gasteiger partial charge < -0.3 is 5.43 Å². The second kappa shape index (κ2) is 5.45. The number of allylic oxidation sites excluding steroid dienone is 1. The Morgan fingerprint density at radius 2 is 1.93 bits per heavy atom. The molecule has 14 heavy (non-hydrogen) atoms. The number of hydrogen-bond acceptors (Lipinski definition) is 2. The van der Waals surface area contributed by atoms with E-state index in [0.717, 1.165) is 12.1 Å². The minimum absolute atomic E-state index is 1.03. The highest BCUT2D eigenvalue weighted by atomic mass is 15.5. The molecular formula is C12H18N2. The van der Waals surface area contributed by atoms with Gasteiger partial charge in [-0.05, 0) is 12.0 Å². The quantitative estimate of drug-likeness (QED) is 0.734. The predicted molar refractivity (Wildman–Crippen MR) is 61.5 cm³/mol. The maximum absolute atomic E-state index is 3.29. The number of hydrazine groups is 1. The molecule has 0 fully saturated rings. The zero-order chi connectivity index (χ0) is 10.4. The number of nitrogens with one attached hydrogen (secondary N) is 1. The van der Waals surface area contributed by atoms with E-state index in [-0.39, 0.29) is 0 Å². The zero-order valence-corrected chi connectivity index (χ0v) is 9.12. The molecule has 0 heterocycles. The van der Waals surface area contributed by atoms with Crippen LogP contribution in [0.2, 0.25) is 0 Å². The van der Waals surface area contributed by atoms with Gasteiger partial charge in [-0.25, -0.2) is 5.01 Å². The molecular weight excluding hydrogens is 172 g/mol. The van der Waals surface area contributed by atoms with Crippen LogP contribution in [0.3, 0.4) is 0 Å². The second-order valence-electron chi connectivity index (χ2n) is 3.40. The van der Waals surface area contributed by atoms with Crippen LogP contribution in [0.5, 0.6) is 0 Å². The minimum Gasteiger partial charge on any atom is -0.319 e. The third kappa shape index (κ3) is 3.23. The van der Waals surface area contributed by atoms with Gasteiger partial charge in [0.2, 0.25) is 0 Å². The normalized spacial score (nSPS) is 11.9. The molecule has 1 aromatic carbocycles. The van der Waals surface area contributed by atoms with Crippen LogP contribution in [0, 0.1) is 0 Å². The number of hydrogen-bond donors (Lipinski definition) is 1. The fraction of sp³-hybridized carbons (Fsp3) is 0.333. The van der Waals surface area contributed by atoms with E-state index in [1.54, 1.807) is 0 Å². The van der Waals surface area contributed by atoms with Crippen LogP contribution in [0.25, 0.3) is 5.70 Å². The van der Waals surface area contributed by atoms with Crippen molar-refractivity contribution in [2.75, 3.05) is 14.1 Å². The van der Waals surface area contributed by atoms with Crippen LogP contribution in [-0.4, -0.2) is 19.1 Å². The maximum Gasteiger partial charge on any atom is 0.0522 e. The highest BCUT2D eigenvalue weighted by Gasteiger charge is 1.99. The van der Waals surface area contributed by atoms with Crippen molar-refractivity contribution in [2.24, 2.45) is 0 Å². The summed E-state index contributed by atoms with van der Waals surface area (Å²) >= 11 is 0. The fourth-order valence-corrected chi connectivity index (χ4v) is 1.29. The summed E-state index contributed by atoms with van der Waals surface area (Å²) in [6, 6.07) is 10.4. The molecule has 0 radical (unpaired) electrons. The molecule has 2 nitrogen and oxygen atoms in total. The van der Waals surface area contributed by atoms with Crippen molar-refractivity contribution < 1.29 is 0 Å². The van der Waals surface area contributed by atoms with Gasteiger partial charge in [-0.15, -0.1) is 0 Å². The third-order valence-corrected chi connectivity index (χ3v) is 1.84. The first-order valence-electron chi connectivity index (χ1n) is 4.93. The Bertz CT molecular complexity index is 288. The van der Waals surface area contributed by atoms with Crippen LogP contribution in [-0.2, 0) is 0 Å². The van der Waals surface area contributed by atoms with Gasteiger partial charge in [-0.1, -0.05) is 43.3 Å². The van der Waals surface area contributed by atoms with E-state index in [2.05, 4.69) is 42.7 Å². The molecule has 0 unspecified atom stereocenters. The Balaban J connectivity index is 2.84. The first kappa shape index (κ1) is 10.8. The lowest BCUT2D eigenvalue weighted by Gasteiger charge is -2.17. The Labute approximate surface area is 86.2 Å². The summed E-state index contributed by atoms with van der Waals surface area (Å²) in [6.07, 6.45) is 3.22. The van der Waals surface area contributed by atoms with Crippen LogP contribution in [0.1, 0.15) is 18.9 Å². The maximum atomic E-state index is 3.29. The molecule has 0 bridgehead atoms. The molecule has 0 saturated heterocycles. The van der Waals surface area contributed by atoms with Gasteiger partial charge >= 0.3 is 0 Å². The van der Waals surface area contributed by atoms with Gasteiger partial charge in [-0.2, -0.15) is 0 Å². The first-order valence-corrected chi connectivity index (χ1v) is 4.93. The van der Waals surface area contributed by atoms with Gasteiger partial charge in [0.05, 0.1) is 5.70 Å². The molecule has 0 aliphatic heterocycles.